The molecule has 0 fully saturated rings. The average Bonchev–Trinajstić information content (AvgIpc) is 2.52. The molecule has 1 aromatic carbocycles. The largest absolute Gasteiger partial charge is 0.493 e. The summed E-state index contributed by atoms with van der Waals surface area (Å²) in [6.45, 7) is 0.469. The Bertz CT molecular complexity index is 627. The van der Waals surface area contributed by atoms with Gasteiger partial charge in [0.2, 0.25) is 5.91 Å². The van der Waals surface area contributed by atoms with Gasteiger partial charge < -0.3 is 20.5 Å². The van der Waals surface area contributed by atoms with E-state index in [4.69, 9.17) is 15.2 Å². The van der Waals surface area contributed by atoms with Gasteiger partial charge in [0.1, 0.15) is 5.69 Å². The molecule has 0 aliphatic carbocycles. The van der Waals surface area contributed by atoms with Crippen LogP contribution >= 0.6 is 0 Å². The normalized spacial score (nSPS) is 10.0. The van der Waals surface area contributed by atoms with Gasteiger partial charge in [-0.05, 0) is 24.3 Å². The Morgan fingerprint density at radius 1 is 1.19 bits per heavy atom. The van der Waals surface area contributed by atoms with Gasteiger partial charge in [0.15, 0.2) is 11.5 Å². The molecule has 0 bridgehead atoms. The fraction of sp³-hybridized carbons (Fsp3) is 0.200. The molecule has 0 atom stereocenters. The quantitative estimate of drug-likeness (QED) is 0.846. The standard InChI is InChI=1S/C15H17N3O3/c1-20-13-7-8-17-12(14(13)21-2)9-18-11-5-3-10(4-6-11)15(16)19/h3-8,18H,9H2,1-2H3,(H2,16,19). The van der Waals surface area contributed by atoms with Crippen molar-refractivity contribution in [1.82, 2.24) is 4.98 Å². The summed E-state index contributed by atoms with van der Waals surface area (Å²) >= 11 is 0. The molecular formula is C15H17N3O3. The topological polar surface area (TPSA) is 86.5 Å². The molecule has 0 aliphatic rings. The lowest BCUT2D eigenvalue weighted by Gasteiger charge is -2.12. The lowest BCUT2D eigenvalue weighted by Crippen LogP contribution is -2.10. The number of pyridine rings is 1. The van der Waals surface area contributed by atoms with Gasteiger partial charge in [-0.25, -0.2) is 0 Å². The van der Waals surface area contributed by atoms with E-state index in [0.717, 1.165) is 11.4 Å². The van der Waals surface area contributed by atoms with Crippen LogP contribution in [-0.2, 0) is 6.54 Å². The second kappa shape index (κ2) is 6.60. The van der Waals surface area contributed by atoms with E-state index in [1.54, 1.807) is 50.7 Å². The van der Waals surface area contributed by atoms with Crippen LogP contribution in [0.15, 0.2) is 36.5 Å². The molecule has 21 heavy (non-hydrogen) atoms. The number of nitrogens with one attached hydrogen (secondary N) is 1. The predicted octanol–water partition coefficient (Wildman–Crippen LogP) is 1.81. The molecule has 0 unspecified atom stereocenters. The second-order valence-corrected chi connectivity index (χ2v) is 4.29. The number of benzene rings is 1. The van der Waals surface area contributed by atoms with Gasteiger partial charge in [-0.2, -0.15) is 0 Å². The lowest BCUT2D eigenvalue weighted by atomic mass is 10.2. The summed E-state index contributed by atoms with van der Waals surface area (Å²) in [6, 6.07) is 8.64. The number of rotatable bonds is 6. The summed E-state index contributed by atoms with van der Waals surface area (Å²) in [7, 11) is 3.16. The maximum atomic E-state index is 11.0. The molecule has 1 amide bonds. The zero-order valence-electron chi connectivity index (χ0n) is 11.9. The highest BCUT2D eigenvalue weighted by molar-refractivity contribution is 5.93. The number of methoxy groups -OCH3 is 2. The maximum Gasteiger partial charge on any atom is 0.248 e. The molecule has 1 aromatic heterocycles. The highest BCUT2D eigenvalue weighted by Crippen LogP contribution is 2.29. The zero-order chi connectivity index (χ0) is 15.2. The number of aromatic nitrogens is 1. The molecule has 0 saturated heterocycles. The number of primary amides is 1. The molecule has 0 spiro atoms. The van der Waals surface area contributed by atoms with E-state index in [-0.39, 0.29) is 0 Å². The van der Waals surface area contributed by atoms with Crippen LogP contribution in [0.25, 0.3) is 0 Å². The van der Waals surface area contributed by atoms with Gasteiger partial charge in [0, 0.05) is 23.5 Å². The van der Waals surface area contributed by atoms with E-state index in [1.165, 1.54) is 0 Å². The zero-order valence-corrected chi connectivity index (χ0v) is 11.9. The highest BCUT2D eigenvalue weighted by Gasteiger charge is 2.10. The van der Waals surface area contributed by atoms with Crippen LogP contribution in [0.1, 0.15) is 16.1 Å². The van der Waals surface area contributed by atoms with Crippen molar-refractivity contribution in [2.45, 2.75) is 6.54 Å². The van der Waals surface area contributed by atoms with Gasteiger partial charge in [0.25, 0.3) is 0 Å². The second-order valence-electron chi connectivity index (χ2n) is 4.29. The molecule has 0 aliphatic heterocycles. The number of amides is 1. The van der Waals surface area contributed by atoms with Crippen molar-refractivity contribution < 1.29 is 14.3 Å². The number of anilines is 1. The van der Waals surface area contributed by atoms with Crippen molar-refractivity contribution in [2.24, 2.45) is 5.73 Å². The Morgan fingerprint density at radius 2 is 1.90 bits per heavy atom. The first-order chi connectivity index (χ1) is 10.2. The molecule has 6 heteroatoms. The Morgan fingerprint density at radius 3 is 2.48 bits per heavy atom. The number of hydrogen-bond acceptors (Lipinski definition) is 5. The Labute approximate surface area is 122 Å². The van der Waals surface area contributed by atoms with Crippen LogP contribution in [0.5, 0.6) is 11.5 Å². The molecule has 110 valence electrons. The molecule has 2 aromatic rings. The van der Waals surface area contributed by atoms with Crippen molar-refractivity contribution in [3.63, 3.8) is 0 Å². The van der Waals surface area contributed by atoms with Gasteiger partial charge in [-0.3, -0.25) is 9.78 Å². The summed E-state index contributed by atoms with van der Waals surface area (Å²) in [5.74, 6) is 0.785. The van der Waals surface area contributed by atoms with Crippen molar-refractivity contribution in [3.05, 3.63) is 47.8 Å². The third-order valence-corrected chi connectivity index (χ3v) is 3.00. The van der Waals surface area contributed by atoms with Gasteiger partial charge >= 0.3 is 0 Å². The molecule has 1 heterocycles. The van der Waals surface area contributed by atoms with Crippen LogP contribution in [-0.4, -0.2) is 25.1 Å². The fourth-order valence-corrected chi connectivity index (χ4v) is 1.91. The summed E-state index contributed by atoms with van der Waals surface area (Å²) in [5.41, 5.74) is 7.25. The van der Waals surface area contributed by atoms with Crippen molar-refractivity contribution in [2.75, 3.05) is 19.5 Å². The number of nitrogens with zero attached hydrogens (tertiary/aromatic N) is 1. The van der Waals surface area contributed by atoms with Gasteiger partial charge in [-0.15, -0.1) is 0 Å². The van der Waals surface area contributed by atoms with E-state index < -0.39 is 5.91 Å². The molecule has 0 radical (unpaired) electrons. The number of carbonyl (C=O) groups excluding carboxylic acids is 1. The van der Waals surface area contributed by atoms with E-state index >= 15 is 0 Å². The van der Waals surface area contributed by atoms with Crippen molar-refractivity contribution >= 4 is 11.6 Å². The molecule has 3 N–H and O–H groups in total. The smallest absolute Gasteiger partial charge is 0.248 e. The van der Waals surface area contributed by atoms with E-state index in [1.807, 2.05) is 0 Å². The first kappa shape index (κ1) is 14.6. The van der Waals surface area contributed by atoms with Crippen LogP contribution < -0.4 is 20.5 Å². The highest BCUT2D eigenvalue weighted by atomic mass is 16.5. The van der Waals surface area contributed by atoms with E-state index in [2.05, 4.69) is 10.3 Å². The third kappa shape index (κ3) is 3.42. The minimum atomic E-state index is -0.447. The number of nitrogens with two attached hydrogens (primary N) is 1. The van der Waals surface area contributed by atoms with Crippen LogP contribution in [0.2, 0.25) is 0 Å². The third-order valence-electron chi connectivity index (χ3n) is 3.00. The van der Waals surface area contributed by atoms with E-state index in [0.29, 0.717) is 23.6 Å². The van der Waals surface area contributed by atoms with Gasteiger partial charge in [-0.1, -0.05) is 0 Å². The van der Waals surface area contributed by atoms with Crippen LogP contribution in [0, 0.1) is 0 Å². The van der Waals surface area contributed by atoms with Crippen LogP contribution in [0.3, 0.4) is 0 Å². The summed E-state index contributed by atoms with van der Waals surface area (Å²) in [5, 5.41) is 3.20. The molecule has 6 nitrogen and oxygen atoms in total. The van der Waals surface area contributed by atoms with E-state index in [9.17, 15) is 4.79 Å². The Balaban J connectivity index is 2.11. The molecule has 0 saturated carbocycles. The van der Waals surface area contributed by atoms with Crippen molar-refractivity contribution in [3.8, 4) is 11.5 Å². The lowest BCUT2D eigenvalue weighted by molar-refractivity contribution is 0.100. The number of carbonyl (C=O) groups is 1. The summed E-state index contributed by atoms with van der Waals surface area (Å²) in [4.78, 5) is 15.3. The van der Waals surface area contributed by atoms with Gasteiger partial charge in [0.05, 0.1) is 20.8 Å². The summed E-state index contributed by atoms with van der Waals surface area (Å²) in [6.07, 6.45) is 1.66. The first-order valence-corrected chi connectivity index (χ1v) is 6.35. The Kier molecular flexibility index (Phi) is 4.61. The number of hydrogen-bond donors (Lipinski definition) is 2. The molecular weight excluding hydrogens is 270 g/mol. The van der Waals surface area contributed by atoms with Crippen molar-refractivity contribution in [1.29, 1.82) is 0 Å². The fourth-order valence-electron chi connectivity index (χ4n) is 1.91. The minimum absolute atomic E-state index is 0.447. The maximum absolute atomic E-state index is 11.0. The SMILES string of the molecule is COc1ccnc(CNc2ccc(C(N)=O)cc2)c1OC. The average molecular weight is 287 g/mol. The Hall–Kier alpha value is -2.76. The molecule has 2 rings (SSSR count). The van der Waals surface area contributed by atoms with Crippen LogP contribution in [0.4, 0.5) is 5.69 Å². The predicted molar refractivity (Wildman–Crippen MR) is 79.6 cm³/mol. The monoisotopic (exact) mass is 287 g/mol. The number of ether oxygens (including phenoxy) is 2. The minimum Gasteiger partial charge on any atom is -0.493 e. The summed E-state index contributed by atoms with van der Waals surface area (Å²) < 4.78 is 10.5. The first-order valence-electron chi connectivity index (χ1n) is 6.35.